The van der Waals surface area contributed by atoms with Gasteiger partial charge in [-0.15, -0.1) is 11.3 Å². The summed E-state index contributed by atoms with van der Waals surface area (Å²) >= 11 is 11.0. The first kappa shape index (κ1) is 22.7. The largest absolute Gasteiger partial charge is 0.433 e. The lowest BCUT2D eigenvalue weighted by molar-refractivity contribution is -0.142. The molecule has 0 N–H and O–H groups in total. The number of carbonyl (C=O) groups excluding carboxylic acids is 1. The molecule has 4 heterocycles. The first-order valence-electron chi connectivity index (χ1n) is 9.27. The molecule has 4 aromatic heterocycles. The van der Waals surface area contributed by atoms with Gasteiger partial charge in [0.1, 0.15) is 5.02 Å². The fraction of sp³-hybridized carbons (Fsp3) is 0.263. The van der Waals surface area contributed by atoms with Crippen molar-refractivity contribution in [3.8, 4) is 10.6 Å². The highest BCUT2D eigenvalue weighted by molar-refractivity contribution is 9.10. The number of aromatic nitrogens is 5. The maximum atomic E-state index is 13.8. The summed E-state index contributed by atoms with van der Waals surface area (Å²) in [6.07, 6.45) is -3.12. The third-order valence-corrected chi connectivity index (χ3v) is 6.63. The van der Waals surface area contributed by atoms with Gasteiger partial charge in [0.05, 0.1) is 33.5 Å². The monoisotopic (exact) mass is 546 g/mol. The molecule has 0 fully saturated rings. The van der Waals surface area contributed by atoms with Crippen molar-refractivity contribution < 1.29 is 18.0 Å². The van der Waals surface area contributed by atoms with Crippen LogP contribution in [0.2, 0.25) is 5.02 Å². The first-order chi connectivity index (χ1) is 15.1. The zero-order chi connectivity index (χ0) is 23.2. The van der Waals surface area contributed by atoms with Crippen LogP contribution in [0.4, 0.5) is 13.2 Å². The van der Waals surface area contributed by atoms with Crippen LogP contribution in [0.25, 0.3) is 16.2 Å². The molecule has 32 heavy (non-hydrogen) atoms. The molecule has 1 amide bonds. The Bertz CT molecular complexity index is 1300. The molecule has 13 heteroatoms. The van der Waals surface area contributed by atoms with Crippen molar-refractivity contribution in [1.29, 1.82) is 0 Å². The number of rotatable bonds is 5. The van der Waals surface area contributed by atoms with Gasteiger partial charge in [-0.05, 0) is 40.4 Å². The number of fused-ring (bicyclic) bond motifs is 1. The van der Waals surface area contributed by atoms with Gasteiger partial charge < -0.3 is 4.90 Å². The maximum absolute atomic E-state index is 13.8. The number of alkyl halides is 3. The molecule has 0 aromatic carbocycles. The van der Waals surface area contributed by atoms with Crippen LogP contribution in [0.3, 0.4) is 0 Å². The van der Waals surface area contributed by atoms with Crippen molar-refractivity contribution in [2.45, 2.75) is 26.2 Å². The molecular formula is C19H15BrClF3N6OS. The highest BCUT2D eigenvalue weighted by atomic mass is 79.9. The lowest BCUT2D eigenvalue weighted by atomic mass is 10.2. The predicted octanol–water partition coefficient (Wildman–Crippen LogP) is 5.38. The van der Waals surface area contributed by atoms with Crippen LogP contribution in [-0.2, 0) is 19.3 Å². The van der Waals surface area contributed by atoms with E-state index in [0.29, 0.717) is 20.4 Å². The van der Waals surface area contributed by atoms with Gasteiger partial charge in [0.25, 0.3) is 5.91 Å². The van der Waals surface area contributed by atoms with Crippen molar-refractivity contribution in [2.24, 2.45) is 0 Å². The van der Waals surface area contributed by atoms with E-state index >= 15 is 0 Å². The number of carbonyl (C=O) groups is 1. The normalized spacial score (nSPS) is 12.0. The van der Waals surface area contributed by atoms with E-state index in [1.54, 1.807) is 28.4 Å². The molecule has 0 aliphatic heterocycles. The smallest absolute Gasteiger partial charge is 0.334 e. The minimum atomic E-state index is -4.73. The number of hydrogen-bond acceptors (Lipinski definition) is 5. The number of hydrogen-bond donors (Lipinski definition) is 0. The molecule has 0 aliphatic rings. The minimum absolute atomic E-state index is 0.102. The van der Waals surface area contributed by atoms with E-state index < -0.39 is 17.8 Å². The molecule has 0 saturated carbocycles. The van der Waals surface area contributed by atoms with Crippen LogP contribution < -0.4 is 0 Å². The highest BCUT2D eigenvalue weighted by Crippen LogP contribution is 2.35. The average Bonchev–Trinajstić information content (AvgIpc) is 3.47. The molecular weight excluding hydrogens is 533 g/mol. The fourth-order valence-corrected chi connectivity index (χ4v) is 4.52. The zero-order valence-corrected chi connectivity index (χ0v) is 19.8. The second-order valence-electron chi connectivity index (χ2n) is 6.82. The topological polar surface area (TPSA) is 68.3 Å². The Hall–Kier alpha value is -2.44. The summed E-state index contributed by atoms with van der Waals surface area (Å²) in [5.74, 6) is -0.637. The molecule has 7 nitrogen and oxygen atoms in total. The number of aryl methyl sites for hydroxylation is 1. The Morgan fingerprint density at radius 3 is 2.75 bits per heavy atom. The fourth-order valence-electron chi connectivity index (χ4n) is 3.18. The van der Waals surface area contributed by atoms with Crippen molar-refractivity contribution in [3.05, 3.63) is 56.4 Å². The molecule has 0 radical (unpaired) electrons. The van der Waals surface area contributed by atoms with E-state index in [4.69, 9.17) is 11.6 Å². The van der Waals surface area contributed by atoms with E-state index in [1.807, 2.05) is 6.92 Å². The van der Waals surface area contributed by atoms with Crippen LogP contribution in [0, 0.1) is 0 Å². The van der Waals surface area contributed by atoms with E-state index in [9.17, 15) is 18.0 Å². The summed E-state index contributed by atoms with van der Waals surface area (Å²) in [6, 6.07) is 4.26. The predicted molar refractivity (Wildman–Crippen MR) is 118 cm³/mol. The SMILES string of the molecule is CCn1ncc(Br)c1CN(C)C(=O)c1nn2c(C(F)(F)F)cc(-c3cccs3)nc2c1Cl. The summed E-state index contributed by atoms with van der Waals surface area (Å²) in [4.78, 5) is 19.2. The number of thiophene rings is 1. The number of nitrogens with zero attached hydrogens (tertiary/aromatic N) is 6. The van der Waals surface area contributed by atoms with Gasteiger partial charge in [0, 0.05) is 13.6 Å². The van der Waals surface area contributed by atoms with Gasteiger partial charge in [-0.2, -0.15) is 23.4 Å². The average molecular weight is 548 g/mol. The van der Waals surface area contributed by atoms with Gasteiger partial charge in [0.15, 0.2) is 17.0 Å². The van der Waals surface area contributed by atoms with E-state index in [-0.39, 0.29) is 28.6 Å². The maximum Gasteiger partial charge on any atom is 0.433 e. The van der Waals surface area contributed by atoms with Crippen LogP contribution in [0.1, 0.15) is 28.8 Å². The Kier molecular flexibility index (Phi) is 6.03. The van der Waals surface area contributed by atoms with Crippen molar-refractivity contribution in [2.75, 3.05) is 7.05 Å². The standard InChI is InChI=1S/C19H15BrClF3N6OS/c1-3-29-12(10(20)8-25-29)9-28(2)18(31)16-15(21)17-26-11(13-5-4-6-32-13)7-14(19(22,23)24)30(17)27-16/h4-8H,3,9H2,1-2H3. The number of amides is 1. The summed E-state index contributed by atoms with van der Waals surface area (Å²) in [7, 11) is 1.51. The van der Waals surface area contributed by atoms with Crippen molar-refractivity contribution >= 4 is 50.4 Å². The van der Waals surface area contributed by atoms with Gasteiger partial charge >= 0.3 is 6.18 Å². The number of halogens is 5. The summed E-state index contributed by atoms with van der Waals surface area (Å²) in [6.45, 7) is 2.64. The molecule has 0 atom stereocenters. The minimum Gasteiger partial charge on any atom is -0.334 e. The van der Waals surface area contributed by atoms with E-state index in [1.165, 1.54) is 23.3 Å². The third-order valence-electron chi connectivity index (χ3n) is 4.73. The van der Waals surface area contributed by atoms with Crippen molar-refractivity contribution in [1.82, 2.24) is 29.3 Å². The Morgan fingerprint density at radius 2 is 2.12 bits per heavy atom. The second-order valence-corrected chi connectivity index (χ2v) is 9.00. The molecule has 168 valence electrons. The lowest BCUT2D eigenvalue weighted by Crippen LogP contribution is -2.28. The summed E-state index contributed by atoms with van der Waals surface area (Å²) < 4.78 is 44.3. The molecule has 0 spiro atoms. The molecule has 4 aromatic rings. The third kappa shape index (κ3) is 4.02. The quantitative estimate of drug-likeness (QED) is 0.336. The van der Waals surface area contributed by atoms with Gasteiger partial charge in [-0.3, -0.25) is 9.48 Å². The molecule has 0 bridgehead atoms. The van der Waals surface area contributed by atoms with Gasteiger partial charge in [-0.25, -0.2) is 9.50 Å². The zero-order valence-electron chi connectivity index (χ0n) is 16.7. The Morgan fingerprint density at radius 1 is 1.38 bits per heavy atom. The second kappa shape index (κ2) is 8.49. The molecule has 0 aliphatic carbocycles. The van der Waals surface area contributed by atoms with Gasteiger partial charge in [0.2, 0.25) is 0 Å². The molecule has 0 saturated heterocycles. The van der Waals surface area contributed by atoms with E-state index in [2.05, 4.69) is 31.1 Å². The molecule has 4 rings (SSSR count). The van der Waals surface area contributed by atoms with Crippen LogP contribution in [0.5, 0.6) is 0 Å². The summed E-state index contributed by atoms with van der Waals surface area (Å²) in [5.41, 5.74) is -0.779. The highest BCUT2D eigenvalue weighted by Gasteiger charge is 2.37. The van der Waals surface area contributed by atoms with Gasteiger partial charge in [-0.1, -0.05) is 17.7 Å². The van der Waals surface area contributed by atoms with E-state index in [0.717, 1.165) is 11.8 Å². The molecule has 0 unspecified atom stereocenters. The summed E-state index contributed by atoms with van der Waals surface area (Å²) in [5, 5.41) is 9.58. The Labute approximate surface area is 197 Å². The van der Waals surface area contributed by atoms with Crippen LogP contribution in [-0.4, -0.2) is 42.2 Å². The van der Waals surface area contributed by atoms with Crippen molar-refractivity contribution in [3.63, 3.8) is 0 Å². The lowest BCUT2D eigenvalue weighted by Gasteiger charge is -2.17. The van der Waals surface area contributed by atoms with Crippen LogP contribution >= 0.6 is 38.9 Å². The Balaban J connectivity index is 1.78. The van der Waals surface area contributed by atoms with Crippen LogP contribution in [0.15, 0.2) is 34.2 Å². The first-order valence-corrected chi connectivity index (χ1v) is 11.3.